The first kappa shape index (κ1) is 19.1. The van der Waals surface area contributed by atoms with Crippen LogP contribution in [0.1, 0.15) is 41.8 Å². The van der Waals surface area contributed by atoms with Gasteiger partial charge in [-0.05, 0) is 30.0 Å². The lowest BCUT2D eigenvalue weighted by atomic mass is 10.1. The summed E-state index contributed by atoms with van der Waals surface area (Å²) in [6.45, 7) is 4.25. The van der Waals surface area contributed by atoms with Crippen LogP contribution in [0.25, 0.3) is 0 Å². The molecular formula is C16H22N4O4S. The first-order valence-corrected chi connectivity index (χ1v) is 9.34. The number of nitrogens with one attached hydrogen (secondary N) is 1. The van der Waals surface area contributed by atoms with E-state index in [4.69, 9.17) is 15.3 Å². The van der Waals surface area contributed by atoms with Crippen LogP contribution in [0.3, 0.4) is 0 Å². The zero-order chi connectivity index (χ0) is 18.6. The molecule has 0 aliphatic carbocycles. The van der Waals surface area contributed by atoms with Gasteiger partial charge in [-0.25, -0.2) is 18.5 Å². The lowest BCUT2D eigenvalue weighted by molar-refractivity contribution is 0.0949. The maximum Gasteiger partial charge on any atom is 0.273 e. The Morgan fingerprint density at radius 2 is 1.92 bits per heavy atom. The number of carbonyl (C=O) groups excluding carboxylic acids is 1. The number of hydrogen-bond donors (Lipinski definition) is 3. The van der Waals surface area contributed by atoms with E-state index in [1.807, 2.05) is 13.8 Å². The number of oxazole rings is 1. The van der Waals surface area contributed by atoms with Crippen LogP contribution >= 0.6 is 0 Å². The summed E-state index contributed by atoms with van der Waals surface area (Å²) >= 11 is 0. The Morgan fingerprint density at radius 1 is 1.28 bits per heavy atom. The van der Waals surface area contributed by atoms with Crippen molar-refractivity contribution in [2.75, 3.05) is 6.54 Å². The standard InChI is InChI=1S/C16H22N4O4S/c1-10(2)14(17)16-20-13(9-24-16)15(21)19-8-7-11-3-5-12(6-4-11)25(18,22)23/h3-6,9-10,14H,7-8,17H2,1-2H3,(H,19,21)(H2,18,22,23). The maximum atomic E-state index is 12.1. The van der Waals surface area contributed by atoms with Crippen LogP contribution < -0.4 is 16.2 Å². The van der Waals surface area contributed by atoms with Gasteiger partial charge in [0.25, 0.3) is 5.91 Å². The summed E-state index contributed by atoms with van der Waals surface area (Å²) in [7, 11) is -3.70. The summed E-state index contributed by atoms with van der Waals surface area (Å²) in [4.78, 5) is 16.2. The molecule has 0 bridgehead atoms. The third-order valence-corrected chi connectivity index (χ3v) is 4.64. The molecule has 1 heterocycles. The number of primary sulfonamides is 1. The lowest BCUT2D eigenvalue weighted by Crippen LogP contribution is -2.26. The van der Waals surface area contributed by atoms with Crippen molar-refractivity contribution in [3.63, 3.8) is 0 Å². The Kier molecular flexibility index (Phi) is 5.93. The molecule has 0 saturated carbocycles. The highest BCUT2D eigenvalue weighted by atomic mass is 32.2. The van der Waals surface area contributed by atoms with E-state index in [1.165, 1.54) is 18.4 Å². The van der Waals surface area contributed by atoms with Crippen LogP contribution in [-0.4, -0.2) is 25.9 Å². The molecule has 0 radical (unpaired) electrons. The SMILES string of the molecule is CC(C)C(N)c1nc(C(=O)NCCc2ccc(S(N)(=O)=O)cc2)co1. The number of aromatic nitrogens is 1. The van der Waals surface area contributed by atoms with Gasteiger partial charge >= 0.3 is 0 Å². The predicted octanol–water partition coefficient (Wildman–Crippen LogP) is 0.950. The fraction of sp³-hybridized carbons (Fsp3) is 0.375. The number of benzene rings is 1. The second-order valence-corrected chi connectivity index (χ2v) is 7.60. The van der Waals surface area contributed by atoms with E-state index >= 15 is 0 Å². The van der Waals surface area contributed by atoms with Gasteiger partial charge in [0.2, 0.25) is 15.9 Å². The molecular weight excluding hydrogens is 344 g/mol. The van der Waals surface area contributed by atoms with Crippen molar-refractivity contribution < 1.29 is 17.6 Å². The normalized spacial score (nSPS) is 13.0. The second-order valence-electron chi connectivity index (χ2n) is 6.04. The summed E-state index contributed by atoms with van der Waals surface area (Å²) in [5.41, 5.74) is 6.98. The average Bonchev–Trinajstić information content (AvgIpc) is 3.03. The smallest absolute Gasteiger partial charge is 0.273 e. The molecule has 1 amide bonds. The molecule has 1 aromatic carbocycles. The fourth-order valence-corrected chi connectivity index (χ4v) is 2.60. The third kappa shape index (κ3) is 5.12. The molecule has 2 rings (SSSR count). The van der Waals surface area contributed by atoms with E-state index in [2.05, 4.69) is 10.3 Å². The van der Waals surface area contributed by atoms with Gasteiger partial charge in [0.05, 0.1) is 10.9 Å². The summed E-state index contributed by atoms with van der Waals surface area (Å²) in [5, 5.41) is 7.77. The molecule has 0 aliphatic rings. The molecule has 1 aromatic heterocycles. The van der Waals surface area contributed by atoms with Crippen molar-refractivity contribution in [2.24, 2.45) is 16.8 Å². The van der Waals surface area contributed by atoms with E-state index < -0.39 is 10.0 Å². The van der Waals surface area contributed by atoms with Gasteiger partial charge in [0, 0.05) is 6.54 Å². The van der Waals surface area contributed by atoms with E-state index in [0.717, 1.165) is 5.56 Å². The second kappa shape index (κ2) is 7.77. The van der Waals surface area contributed by atoms with Crippen LogP contribution in [0.4, 0.5) is 0 Å². The molecule has 0 saturated heterocycles. The third-order valence-electron chi connectivity index (χ3n) is 3.71. The summed E-state index contributed by atoms with van der Waals surface area (Å²) in [5.74, 6) is 0.126. The fourth-order valence-electron chi connectivity index (χ4n) is 2.09. The van der Waals surface area contributed by atoms with Crippen molar-refractivity contribution in [1.29, 1.82) is 0 Å². The minimum Gasteiger partial charge on any atom is -0.446 e. The summed E-state index contributed by atoms with van der Waals surface area (Å²) in [6.07, 6.45) is 1.82. The maximum absolute atomic E-state index is 12.1. The molecule has 1 atom stereocenters. The highest BCUT2D eigenvalue weighted by molar-refractivity contribution is 7.89. The van der Waals surface area contributed by atoms with E-state index in [1.54, 1.807) is 12.1 Å². The largest absolute Gasteiger partial charge is 0.446 e. The Morgan fingerprint density at radius 3 is 2.48 bits per heavy atom. The lowest BCUT2D eigenvalue weighted by Gasteiger charge is -2.10. The van der Waals surface area contributed by atoms with E-state index in [9.17, 15) is 13.2 Å². The summed E-state index contributed by atoms with van der Waals surface area (Å²) in [6, 6.07) is 5.82. The average molecular weight is 366 g/mol. The Bertz CT molecular complexity index is 828. The van der Waals surface area contributed by atoms with Crippen LogP contribution in [0.5, 0.6) is 0 Å². The Balaban J connectivity index is 1.88. The van der Waals surface area contributed by atoms with Gasteiger partial charge in [0.15, 0.2) is 5.69 Å². The molecule has 0 fully saturated rings. The van der Waals surface area contributed by atoms with Crippen LogP contribution in [0, 0.1) is 5.92 Å². The monoisotopic (exact) mass is 366 g/mol. The van der Waals surface area contributed by atoms with E-state index in [-0.39, 0.29) is 28.5 Å². The minimum absolute atomic E-state index is 0.0527. The first-order valence-electron chi connectivity index (χ1n) is 7.79. The molecule has 2 aromatic rings. The molecule has 9 heteroatoms. The number of amides is 1. The molecule has 8 nitrogen and oxygen atoms in total. The van der Waals surface area contributed by atoms with Gasteiger partial charge in [0.1, 0.15) is 6.26 Å². The number of hydrogen-bond acceptors (Lipinski definition) is 6. The number of rotatable bonds is 7. The topological polar surface area (TPSA) is 141 Å². The van der Waals surface area contributed by atoms with Crippen molar-refractivity contribution in [2.45, 2.75) is 31.2 Å². The van der Waals surface area contributed by atoms with Crippen molar-refractivity contribution in [1.82, 2.24) is 10.3 Å². The zero-order valence-corrected chi connectivity index (χ0v) is 14.9. The van der Waals surface area contributed by atoms with Gasteiger partial charge in [-0.1, -0.05) is 26.0 Å². The molecule has 136 valence electrons. The number of carbonyl (C=O) groups is 1. The highest BCUT2D eigenvalue weighted by Gasteiger charge is 2.19. The van der Waals surface area contributed by atoms with Crippen LogP contribution in [0.15, 0.2) is 39.8 Å². The first-order chi connectivity index (χ1) is 11.7. The number of nitrogens with two attached hydrogens (primary N) is 2. The van der Waals surface area contributed by atoms with Crippen molar-refractivity contribution in [3.8, 4) is 0 Å². The number of nitrogens with zero attached hydrogens (tertiary/aromatic N) is 1. The molecule has 5 N–H and O–H groups in total. The zero-order valence-electron chi connectivity index (χ0n) is 14.1. The van der Waals surface area contributed by atoms with Gasteiger partial charge < -0.3 is 15.5 Å². The van der Waals surface area contributed by atoms with Gasteiger partial charge in [-0.3, -0.25) is 4.79 Å². The molecule has 0 aliphatic heterocycles. The quantitative estimate of drug-likeness (QED) is 0.666. The van der Waals surface area contributed by atoms with Crippen molar-refractivity contribution >= 4 is 15.9 Å². The minimum atomic E-state index is -3.70. The Labute approximate surface area is 146 Å². The Hall–Kier alpha value is -2.23. The summed E-state index contributed by atoms with van der Waals surface area (Å²) < 4.78 is 27.6. The predicted molar refractivity (Wildman–Crippen MR) is 92.1 cm³/mol. The van der Waals surface area contributed by atoms with Gasteiger partial charge in [-0.15, -0.1) is 0 Å². The van der Waals surface area contributed by atoms with Gasteiger partial charge in [-0.2, -0.15) is 0 Å². The van der Waals surface area contributed by atoms with E-state index in [0.29, 0.717) is 18.9 Å². The molecule has 25 heavy (non-hydrogen) atoms. The number of sulfonamides is 1. The van der Waals surface area contributed by atoms with Crippen molar-refractivity contribution in [3.05, 3.63) is 47.7 Å². The van der Waals surface area contributed by atoms with Crippen LogP contribution in [-0.2, 0) is 16.4 Å². The molecule has 0 spiro atoms. The highest BCUT2D eigenvalue weighted by Crippen LogP contribution is 2.18. The molecule has 1 unspecified atom stereocenters. The van der Waals surface area contributed by atoms with Crippen LogP contribution in [0.2, 0.25) is 0 Å².